The quantitative estimate of drug-likeness (QED) is 0.369. The maximum absolute atomic E-state index is 12.3. The Hall–Kier alpha value is -0.240. The Morgan fingerprint density at radius 2 is 1.48 bits per heavy atom. The molecule has 0 amide bonds. The highest BCUT2D eigenvalue weighted by Crippen LogP contribution is 2.69. The molecule has 0 radical (unpaired) electrons. The van der Waals surface area contributed by atoms with E-state index in [1.807, 2.05) is 13.8 Å². The van der Waals surface area contributed by atoms with Crippen molar-refractivity contribution >= 4 is 0 Å². The second-order valence-electron chi connectivity index (χ2n) is 13.2. The summed E-state index contributed by atoms with van der Waals surface area (Å²) in [5.74, 6) is -0.0861. The van der Waals surface area contributed by atoms with Crippen molar-refractivity contribution in [2.24, 2.45) is 46.3 Å². The minimum Gasteiger partial charge on any atom is -0.393 e. The summed E-state index contributed by atoms with van der Waals surface area (Å²) in [4.78, 5) is 0. The van der Waals surface area contributed by atoms with Crippen molar-refractivity contribution in [3.63, 3.8) is 0 Å². The SMILES string of the molecule is CC(C)C(O)CC[C@@H](C)[C@H]1CC(O)[C@@H]2[C@]1(C)CC[C@H]1[C@@]2(O)CC(O)C2C(O)C(O)CC[C@@]21C. The van der Waals surface area contributed by atoms with Crippen LogP contribution in [0.15, 0.2) is 0 Å². The number of fused-ring (bicyclic) bond motifs is 5. The van der Waals surface area contributed by atoms with Crippen LogP contribution < -0.4 is 0 Å². The Kier molecular flexibility index (Phi) is 6.82. The third-order valence-electron chi connectivity index (χ3n) is 11.2. The van der Waals surface area contributed by atoms with Gasteiger partial charge in [0.2, 0.25) is 0 Å². The second kappa shape index (κ2) is 8.70. The maximum atomic E-state index is 12.3. The highest BCUT2D eigenvalue weighted by molar-refractivity contribution is 5.20. The minimum absolute atomic E-state index is 0.120. The lowest BCUT2D eigenvalue weighted by Crippen LogP contribution is -2.70. The van der Waals surface area contributed by atoms with Gasteiger partial charge in [0.25, 0.3) is 0 Å². The fraction of sp³-hybridized carbons (Fsp3) is 1.00. The molecule has 0 aliphatic heterocycles. The van der Waals surface area contributed by atoms with Crippen LogP contribution in [0.25, 0.3) is 0 Å². The van der Waals surface area contributed by atoms with Crippen LogP contribution in [0.4, 0.5) is 0 Å². The van der Waals surface area contributed by atoms with Gasteiger partial charge in [-0.1, -0.05) is 34.6 Å². The van der Waals surface area contributed by atoms with Gasteiger partial charge in [0.05, 0.1) is 36.1 Å². The average molecular weight is 469 g/mol. The van der Waals surface area contributed by atoms with E-state index in [-0.39, 0.29) is 41.6 Å². The van der Waals surface area contributed by atoms with Gasteiger partial charge in [-0.05, 0) is 79.4 Å². The fourth-order valence-corrected chi connectivity index (χ4v) is 9.48. The van der Waals surface area contributed by atoms with Crippen molar-refractivity contribution < 1.29 is 30.6 Å². The van der Waals surface area contributed by atoms with Crippen LogP contribution in [0.5, 0.6) is 0 Å². The van der Waals surface area contributed by atoms with Gasteiger partial charge in [0.1, 0.15) is 0 Å². The number of aliphatic hydroxyl groups excluding tert-OH is 5. The van der Waals surface area contributed by atoms with Crippen molar-refractivity contribution in [3.05, 3.63) is 0 Å². The Labute approximate surface area is 199 Å². The largest absolute Gasteiger partial charge is 0.393 e. The minimum atomic E-state index is -1.19. The molecule has 6 unspecified atom stereocenters. The number of hydrogen-bond acceptors (Lipinski definition) is 6. The number of aliphatic hydroxyl groups is 6. The standard InChI is InChI=1S/C27H48O6/c1-14(2)17(28)7-6-15(3)16-12-19(30)24-25(16,4)11-9-21-26(5)10-8-18(29)23(32)22(26)20(31)13-27(21,24)33/h14-24,28-33H,6-13H2,1-5H3/t15-,16-,17?,18?,19?,20?,21-,22?,23?,24-,25-,26-,27+/m1/s1. The highest BCUT2D eigenvalue weighted by atomic mass is 16.3. The third kappa shape index (κ3) is 3.82. The lowest BCUT2D eigenvalue weighted by Gasteiger charge is -2.66. The molecule has 33 heavy (non-hydrogen) atoms. The summed E-state index contributed by atoms with van der Waals surface area (Å²) < 4.78 is 0. The first-order valence-electron chi connectivity index (χ1n) is 13.4. The molecule has 0 aromatic heterocycles. The van der Waals surface area contributed by atoms with Crippen LogP contribution in [-0.2, 0) is 0 Å². The van der Waals surface area contributed by atoms with E-state index in [9.17, 15) is 30.6 Å². The van der Waals surface area contributed by atoms with Gasteiger partial charge in [0.15, 0.2) is 0 Å². The molecular formula is C27H48O6. The van der Waals surface area contributed by atoms with Gasteiger partial charge in [-0.2, -0.15) is 0 Å². The predicted octanol–water partition coefficient (Wildman–Crippen LogP) is 2.47. The molecule has 6 N–H and O–H groups in total. The van der Waals surface area contributed by atoms with Gasteiger partial charge in [-0.25, -0.2) is 0 Å². The first-order valence-corrected chi connectivity index (χ1v) is 13.4. The van der Waals surface area contributed by atoms with E-state index in [0.717, 1.165) is 25.7 Å². The fourth-order valence-electron chi connectivity index (χ4n) is 9.48. The summed E-state index contributed by atoms with van der Waals surface area (Å²) in [6.45, 7) is 10.6. The lowest BCUT2D eigenvalue weighted by molar-refractivity contribution is -0.280. The molecule has 0 saturated heterocycles. The molecule has 0 heterocycles. The van der Waals surface area contributed by atoms with Crippen molar-refractivity contribution in [1.29, 1.82) is 0 Å². The van der Waals surface area contributed by atoms with E-state index in [1.165, 1.54) is 0 Å². The summed E-state index contributed by atoms with van der Waals surface area (Å²) in [5, 5.41) is 66.2. The zero-order chi connectivity index (χ0) is 24.5. The molecule has 4 fully saturated rings. The Balaban J connectivity index is 1.61. The molecule has 6 nitrogen and oxygen atoms in total. The van der Waals surface area contributed by atoms with Gasteiger partial charge in [-0.15, -0.1) is 0 Å². The molecule has 4 rings (SSSR count). The Morgan fingerprint density at radius 1 is 0.848 bits per heavy atom. The third-order valence-corrected chi connectivity index (χ3v) is 11.2. The predicted molar refractivity (Wildman–Crippen MR) is 126 cm³/mol. The van der Waals surface area contributed by atoms with E-state index >= 15 is 0 Å². The number of hydrogen-bond donors (Lipinski definition) is 6. The van der Waals surface area contributed by atoms with Gasteiger partial charge in [0, 0.05) is 18.3 Å². The van der Waals surface area contributed by atoms with E-state index in [1.54, 1.807) is 0 Å². The monoisotopic (exact) mass is 468 g/mol. The smallest absolute Gasteiger partial charge is 0.0857 e. The molecule has 0 bridgehead atoms. The van der Waals surface area contributed by atoms with Crippen LogP contribution in [-0.4, -0.2) is 66.8 Å². The van der Waals surface area contributed by atoms with Gasteiger partial charge in [-0.3, -0.25) is 0 Å². The van der Waals surface area contributed by atoms with Crippen LogP contribution in [0.1, 0.15) is 86.0 Å². The molecule has 13 atom stereocenters. The van der Waals surface area contributed by atoms with Crippen molar-refractivity contribution in [1.82, 2.24) is 0 Å². The van der Waals surface area contributed by atoms with E-state index in [2.05, 4.69) is 20.8 Å². The summed E-state index contributed by atoms with van der Waals surface area (Å²) in [6.07, 6.45) is 1.60. The van der Waals surface area contributed by atoms with Crippen LogP contribution >= 0.6 is 0 Å². The molecule has 4 aliphatic carbocycles. The molecule has 4 aliphatic rings. The Morgan fingerprint density at radius 3 is 2.12 bits per heavy atom. The van der Waals surface area contributed by atoms with E-state index < -0.39 is 41.3 Å². The molecule has 192 valence electrons. The Bertz CT molecular complexity index is 715. The summed E-state index contributed by atoms with van der Waals surface area (Å²) in [5.41, 5.74) is -1.90. The normalized spacial score (nSPS) is 53.8. The summed E-state index contributed by atoms with van der Waals surface area (Å²) >= 11 is 0. The first kappa shape index (κ1) is 25.8. The zero-order valence-electron chi connectivity index (χ0n) is 21.2. The zero-order valence-corrected chi connectivity index (χ0v) is 21.2. The lowest BCUT2D eigenvalue weighted by atomic mass is 9.41. The van der Waals surface area contributed by atoms with Gasteiger partial charge >= 0.3 is 0 Å². The molecule has 0 spiro atoms. The second-order valence-corrected chi connectivity index (χ2v) is 13.2. The van der Waals surface area contributed by atoms with Gasteiger partial charge < -0.3 is 30.6 Å². The maximum Gasteiger partial charge on any atom is 0.0857 e. The average Bonchev–Trinajstić information content (AvgIpc) is 3.00. The van der Waals surface area contributed by atoms with Crippen molar-refractivity contribution in [2.45, 2.75) is 122 Å². The summed E-state index contributed by atoms with van der Waals surface area (Å²) in [6, 6.07) is 0. The van der Waals surface area contributed by atoms with E-state index in [0.29, 0.717) is 25.2 Å². The number of rotatable bonds is 5. The van der Waals surface area contributed by atoms with Crippen molar-refractivity contribution in [3.8, 4) is 0 Å². The van der Waals surface area contributed by atoms with Crippen LogP contribution in [0, 0.1) is 46.3 Å². The molecule has 4 saturated carbocycles. The highest BCUT2D eigenvalue weighted by Gasteiger charge is 2.71. The molecule has 6 heteroatoms. The van der Waals surface area contributed by atoms with Crippen molar-refractivity contribution in [2.75, 3.05) is 0 Å². The molecule has 0 aromatic rings. The van der Waals surface area contributed by atoms with Crippen LogP contribution in [0.2, 0.25) is 0 Å². The first-order chi connectivity index (χ1) is 15.3. The van der Waals surface area contributed by atoms with Crippen LogP contribution in [0.3, 0.4) is 0 Å². The topological polar surface area (TPSA) is 121 Å². The summed E-state index contributed by atoms with van der Waals surface area (Å²) in [7, 11) is 0. The molecule has 0 aromatic carbocycles. The molecular weight excluding hydrogens is 420 g/mol. The van der Waals surface area contributed by atoms with E-state index in [4.69, 9.17) is 0 Å².